The fourth-order valence-corrected chi connectivity index (χ4v) is 4.73. The fraction of sp³-hybridized carbons (Fsp3) is 0.522. The third-order valence-corrected chi connectivity index (χ3v) is 6.34. The van der Waals surface area contributed by atoms with E-state index in [0.717, 1.165) is 17.7 Å². The second-order valence-electron chi connectivity index (χ2n) is 8.25. The predicted octanol–water partition coefficient (Wildman–Crippen LogP) is 2.30. The van der Waals surface area contributed by atoms with E-state index < -0.39 is 0 Å². The van der Waals surface area contributed by atoms with Gasteiger partial charge in [-0.1, -0.05) is 6.42 Å². The Morgan fingerprint density at radius 1 is 1.10 bits per heavy atom. The van der Waals surface area contributed by atoms with Crippen LogP contribution in [-0.2, 0) is 11.3 Å². The van der Waals surface area contributed by atoms with Crippen molar-refractivity contribution in [2.24, 2.45) is 5.92 Å². The Bertz CT molecular complexity index is 923. The highest BCUT2D eigenvalue weighted by molar-refractivity contribution is 5.75. The molecule has 2 fully saturated rings. The van der Waals surface area contributed by atoms with Crippen molar-refractivity contribution in [3.8, 4) is 17.0 Å². The lowest BCUT2D eigenvalue weighted by Crippen LogP contribution is -2.51. The quantitative estimate of drug-likeness (QED) is 0.791. The molecule has 1 aromatic carbocycles. The number of nitrogens with zero attached hydrogens (tertiary/aromatic N) is 3. The molecule has 0 unspecified atom stereocenters. The molecule has 2 aliphatic heterocycles. The minimum atomic E-state index is -0.279. The summed E-state index contributed by atoms with van der Waals surface area (Å²) in [4.78, 5) is 27.4. The molecule has 0 bridgehead atoms. The molecule has 2 saturated heterocycles. The molecular formula is C23H30N4O3. The molecule has 7 heteroatoms. The molecule has 7 nitrogen and oxygen atoms in total. The van der Waals surface area contributed by atoms with Crippen LogP contribution in [0.5, 0.6) is 5.75 Å². The lowest BCUT2D eigenvalue weighted by molar-refractivity contribution is -0.122. The van der Waals surface area contributed by atoms with Gasteiger partial charge in [0.05, 0.1) is 12.8 Å². The van der Waals surface area contributed by atoms with Crippen LogP contribution in [0.2, 0.25) is 0 Å². The first-order valence-electron chi connectivity index (χ1n) is 10.9. The normalized spacial score (nSPS) is 21.6. The van der Waals surface area contributed by atoms with Crippen molar-refractivity contribution >= 4 is 5.91 Å². The van der Waals surface area contributed by atoms with Crippen LogP contribution < -0.4 is 15.6 Å². The van der Waals surface area contributed by atoms with Crippen molar-refractivity contribution in [3.05, 3.63) is 46.8 Å². The number of amides is 1. The van der Waals surface area contributed by atoms with Crippen LogP contribution >= 0.6 is 0 Å². The molecular weight excluding hydrogens is 380 g/mol. The molecule has 3 heterocycles. The highest BCUT2D eigenvalue weighted by Crippen LogP contribution is 2.30. The molecule has 4 rings (SSSR count). The summed E-state index contributed by atoms with van der Waals surface area (Å²) < 4.78 is 6.42. The lowest BCUT2D eigenvalue weighted by Gasteiger charge is -2.44. The van der Waals surface area contributed by atoms with E-state index in [0.29, 0.717) is 24.2 Å². The molecule has 1 aromatic heterocycles. The maximum atomic E-state index is 12.6. The van der Waals surface area contributed by atoms with E-state index in [1.165, 1.54) is 49.5 Å². The number of ether oxygens (including phenoxy) is 1. The van der Waals surface area contributed by atoms with Gasteiger partial charge in [-0.25, -0.2) is 4.68 Å². The van der Waals surface area contributed by atoms with Gasteiger partial charge in [0.2, 0.25) is 5.91 Å². The minimum absolute atomic E-state index is 0.0655. The highest BCUT2D eigenvalue weighted by atomic mass is 16.5. The molecule has 1 N–H and O–H groups in total. The summed E-state index contributed by atoms with van der Waals surface area (Å²) in [6.07, 6.45) is 6.15. The summed E-state index contributed by atoms with van der Waals surface area (Å²) in [5.74, 6) is 1.09. The number of benzene rings is 1. The van der Waals surface area contributed by atoms with Gasteiger partial charge in [0, 0.05) is 24.2 Å². The van der Waals surface area contributed by atoms with Gasteiger partial charge >= 0.3 is 0 Å². The van der Waals surface area contributed by atoms with E-state index >= 15 is 0 Å². The molecule has 2 aromatic rings. The first-order chi connectivity index (χ1) is 14.6. The molecule has 0 spiro atoms. The molecule has 0 aliphatic carbocycles. The van der Waals surface area contributed by atoms with Crippen LogP contribution in [0.4, 0.5) is 0 Å². The monoisotopic (exact) mass is 410 g/mol. The largest absolute Gasteiger partial charge is 0.497 e. The third-order valence-electron chi connectivity index (χ3n) is 6.34. The van der Waals surface area contributed by atoms with Gasteiger partial charge < -0.3 is 15.0 Å². The van der Waals surface area contributed by atoms with Crippen LogP contribution in [-0.4, -0.2) is 53.4 Å². The lowest BCUT2D eigenvalue weighted by atomic mass is 9.83. The van der Waals surface area contributed by atoms with Gasteiger partial charge in [-0.2, -0.15) is 5.10 Å². The maximum Gasteiger partial charge on any atom is 0.267 e. The predicted molar refractivity (Wildman–Crippen MR) is 115 cm³/mol. The van der Waals surface area contributed by atoms with E-state index in [1.807, 2.05) is 24.3 Å². The number of carbonyl (C=O) groups is 1. The Labute approximate surface area is 177 Å². The molecule has 0 saturated carbocycles. The number of hydrogen-bond acceptors (Lipinski definition) is 5. The second-order valence-corrected chi connectivity index (χ2v) is 8.25. The SMILES string of the molecule is COc1ccc(-c2ccc(=O)n(CC(=O)NC[C@H]3CCCN4CCCC[C@H]34)n2)cc1. The number of nitrogens with one attached hydrogen (secondary N) is 1. The zero-order valence-corrected chi connectivity index (χ0v) is 17.5. The Balaban J connectivity index is 1.38. The van der Waals surface area contributed by atoms with E-state index in [2.05, 4.69) is 15.3 Å². The Kier molecular flexibility index (Phi) is 6.47. The summed E-state index contributed by atoms with van der Waals surface area (Å²) in [7, 11) is 1.62. The Morgan fingerprint density at radius 2 is 1.90 bits per heavy atom. The average Bonchev–Trinajstić information content (AvgIpc) is 2.79. The van der Waals surface area contributed by atoms with Crippen LogP contribution in [0.15, 0.2) is 41.2 Å². The van der Waals surface area contributed by atoms with Gasteiger partial charge in [-0.15, -0.1) is 0 Å². The fourth-order valence-electron chi connectivity index (χ4n) is 4.73. The molecule has 160 valence electrons. The molecule has 2 aliphatic rings. The first-order valence-corrected chi connectivity index (χ1v) is 10.9. The van der Waals surface area contributed by atoms with Gasteiger partial charge in [-0.3, -0.25) is 9.59 Å². The Hall–Kier alpha value is -2.67. The van der Waals surface area contributed by atoms with E-state index in [-0.39, 0.29) is 18.0 Å². The molecule has 30 heavy (non-hydrogen) atoms. The zero-order valence-electron chi connectivity index (χ0n) is 17.5. The van der Waals surface area contributed by atoms with Gasteiger partial charge in [0.25, 0.3) is 5.56 Å². The first kappa shape index (κ1) is 20.6. The average molecular weight is 411 g/mol. The summed E-state index contributed by atoms with van der Waals surface area (Å²) >= 11 is 0. The number of aromatic nitrogens is 2. The van der Waals surface area contributed by atoms with Crippen LogP contribution in [0.1, 0.15) is 32.1 Å². The van der Waals surface area contributed by atoms with Gasteiger partial charge in [0.15, 0.2) is 0 Å². The van der Waals surface area contributed by atoms with E-state index in [4.69, 9.17) is 4.74 Å². The smallest absolute Gasteiger partial charge is 0.267 e. The maximum absolute atomic E-state index is 12.6. The standard InChI is InChI=1S/C23H30N4O3/c1-30-19-9-7-17(8-10-19)20-11-12-23(29)27(25-20)16-22(28)24-15-18-5-4-14-26-13-3-2-6-21(18)26/h7-12,18,21H,2-6,13-16H2,1H3,(H,24,28)/t18-,21-/m1/s1. The van der Waals surface area contributed by atoms with Gasteiger partial charge in [-0.05, 0) is 75.0 Å². The number of methoxy groups -OCH3 is 1. The van der Waals surface area contributed by atoms with E-state index in [9.17, 15) is 9.59 Å². The summed E-state index contributed by atoms with van der Waals surface area (Å²) in [6, 6.07) is 11.2. The van der Waals surface area contributed by atoms with Crippen LogP contribution in [0.3, 0.4) is 0 Å². The summed E-state index contributed by atoms with van der Waals surface area (Å²) in [5.41, 5.74) is 1.23. The highest BCUT2D eigenvalue weighted by Gasteiger charge is 2.32. The second kappa shape index (κ2) is 9.43. The minimum Gasteiger partial charge on any atom is -0.497 e. The molecule has 1 amide bonds. The zero-order chi connectivity index (χ0) is 20.9. The molecule has 0 radical (unpaired) electrons. The Morgan fingerprint density at radius 3 is 2.70 bits per heavy atom. The number of hydrogen-bond donors (Lipinski definition) is 1. The van der Waals surface area contributed by atoms with Crippen molar-refractivity contribution in [1.82, 2.24) is 20.0 Å². The van der Waals surface area contributed by atoms with Crippen molar-refractivity contribution in [2.75, 3.05) is 26.7 Å². The van der Waals surface area contributed by atoms with Crippen molar-refractivity contribution < 1.29 is 9.53 Å². The van der Waals surface area contributed by atoms with Crippen molar-refractivity contribution in [1.29, 1.82) is 0 Å². The number of fused-ring (bicyclic) bond motifs is 1. The van der Waals surface area contributed by atoms with Crippen LogP contribution in [0, 0.1) is 5.92 Å². The van der Waals surface area contributed by atoms with Gasteiger partial charge in [0.1, 0.15) is 12.3 Å². The summed E-state index contributed by atoms with van der Waals surface area (Å²) in [6.45, 7) is 2.98. The topological polar surface area (TPSA) is 76.5 Å². The molecule has 2 atom stereocenters. The number of rotatable bonds is 6. The van der Waals surface area contributed by atoms with E-state index in [1.54, 1.807) is 13.2 Å². The number of piperidine rings is 2. The van der Waals surface area contributed by atoms with Crippen LogP contribution in [0.25, 0.3) is 11.3 Å². The van der Waals surface area contributed by atoms with Crippen molar-refractivity contribution in [2.45, 2.75) is 44.7 Å². The summed E-state index contributed by atoms with van der Waals surface area (Å²) in [5, 5.41) is 7.45. The third kappa shape index (κ3) is 4.73. The number of carbonyl (C=O) groups excluding carboxylic acids is 1. The van der Waals surface area contributed by atoms with Crippen molar-refractivity contribution in [3.63, 3.8) is 0 Å².